The summed E-state index contributed by atoms with van der Waals surface area (Å²) in [6.45, 7) is 1.72. The number of aryl methyl sites for hydroxylation is 2. The third kappa shape index (κ3) is 4.06. The van der Waals surface area contributed by atoms with Gasteiger partial charge in [-0.3, -0.25) is 25.2 Å². The van der Waals surface area contributed by atoms with Crippen molar-refractivity contribution >= 4 is 22.6 Å². The quantitative estimate of drug-likeness (QED) is 0.490. The van der Waals surface area contributed by atoms with Crippen molar-refractivity contribution in [1.82, 2.24) is 25.6 Å². The Bertz CT molecular complexity index is 1340. The standard InChI is InChI=1S/C22H19N5O4/c1-13-17(23-21(31-13)14-8-4-3-5-9-14)12-18(28)24-25-20(29)19-15-10-6-7-11-16(15)22(30)27(2)26-19/h3-11H,12H2,1-2H3,(H,24,28)(H,25,29). The van der Waals surface area contributed by atoms with E-state index in [1.54, 1.807) is 31.2 Å². The van der Waals surface area contributed by atoms with E-state index in [9.17, 15) is 14.4 Å². The lowest BCUT2D eigenvalue weighted by Crippen LogP contribution is -2.43. The van der Waals surface area contributed by atoms with Crippen LogP contribution in [0.15, 0.2) is 63.8 Å². The van der Waals surface area contributed by atoms with Gasteiger partial charge in [-0.15, -0.1) is 0 Å². The largest absolute Gasteiger partial charge is 0.441 e. The molecule has 0 saturated heterocycles. The Balaban J connectivity index is 1.46. The molecule has 0 spiro atoms. The molecule has 4 aromatic rings. The van der Waals surface area contributed by atoms with E-state index in [1.807, 2.05) is 30.3 Å². The molecule has 0 aliphatic heterocycles. The highest BCUT2D eigenvalue weighted by Crippen LogP contribution is 2.21. The minimum atomic E-state index is -0.637. The Morgan fingerprint density at radius 1 is 1.00 bits per heavy atom. The summed E-state index contributed by atoms with van der Waals surface area (Å²) in [4.78, 5) is 41.5. The molecular formula is C22H19N5O4. The summed E-state index contributed by atoms with van der Waals surface area (Å²) in [6.07, 6.45) is -0.0795. The third-order valence-electron chi connectivity index (χ3n) is 4.73. The Morgan fingerprint density at radius 3 is 2.42 bits per heavy atom. The maximum atomic E-state index is 12.6. The summed E-state index contributed by atoms with van der Waals surface area (Å²) in [6, 6.07) is 16.0. The smallest absolute Gasteiger partial charge is 0.290 e. The molecule has 31 heavy (non-hydrogen) atoms. The molecule has 0 atom stereocenters. The number of amides is 2. The first-order chi connectivity index (χ1) is 14.9. The van der Waals surface area contributed by atoms with Gasteiger partial charge < -0.3 is 4.42 Å². The molecule has 2 amide bonds. The monoisotopic (exact) mass is 417 g/mol. The molecule has 0 aliphatic rings. The fourth-order valence-corrected chi connectivity index (χ4v) is 3.15. The average Bonchev–Trinajstić information content (AvgIpc) is 3.15. The first-order valence-corrected chi connectivity index (χ1v) is 9.51. The molecule has 2 aromatic heterocycles. The number of benzene rings is 2. The molecule has 0 aliphatic carbocycles. The molecule has 0 fully saturated rings. The molecule has 9 heteroatoms. The van der Waals surface area contributed by atoms with Gasteiger partial charge in [0.2, 0.25) is 11.8 Å². The SMILES string of the molecule is Cc1oc(-c2ccccc2)nc1CC(=O)NNC(=O)c1nn(C)c(=O)c2ccccc12. The van der Waals surface area contributed by atoms with Crippen LogP contribution in [0.2, 0.25) is 0 Å². The van der Waals surface area contributed by atoms with Crippen LogP contribution in [-0.4, -0.2) is 26.6 Å². The molecule has 2 aromatic carbocycles. The first-order valence-electron chi connectivity index (χ1n) is 9.51. The maximum Gasteiger partial charge on any atom is 0.290 e. The van der Waals surface area contributed by atoms with E-state index >= 15 is 0 Å². The fourth-order valence-electron chi connectivity index (χ4n) is 3.15. The average molecular weight is 417 g/mol. The lowest BCUT2D eigenvalue weighted by molar-refractivity contribution is -0.121. The van der Waals surface area contributed by atoms with Crippen LogP contribution in [0.4, 0.5) is 0 Å². The summed E-state index contributed by atoms with van der Waals surface area (Å²) in [5.41, 5.74) is 5.69. The molecule has 0 saturated carbocycles. The molecule has 0 radical (unpaired) electrons. The van der Waals surface area contributed by atoms with Crippen molar-refractivity contribution in [1.29, 1.82) is 0 Å². The summed E-state index contributed by atoms with van der Waals surface area (Å²) in [7, 11) is 1.46. The van der Waals surface area contributed by atoms with Crippen molar-refractivity contribution in [3.63, 3.8) is 0 Å². The predicted octanol–water partition coefficient (Wildman–Crippen LogP) is 1.90. The van der Waals surface area contributed by atoms with Gasteiger partial charge >= 0.3 is 0 Å². The summed E-state index contributed by atoms with van der Waals surface area (Å²) in [5, 5.41) is 4.79. The van der Waals surface area contributed by atoms with Crippen molar-refractivity contribution in [2.75, 3.05) is 0 Å². The van der Waals surface area contributed by atoms with E-state index in [0.717, 1.165) is 10.2 Å². The zero-order valence-electron chi connectivity index (χ0n) is 16.9. The zero-order chi connectivity index (χ0) is 22.0. The van der Waals surface area contributed by atoms with Crippen LogP contribution >= 0.6 is 0 Å². The first kappa shape index (κ1) is 20.0. The highest BCUT2D eigenvalue weighted by molar-refractivity contribution is 6.05. The molecular weight excluding hydrogens is 398 g/mol. The van der Waals surface area contributed by atoms with Crippen LogP contribution in [0.5, 0.6) is 0 Å². The number of aromatic nitrogens is 3. The van der Waals surface area contributed by atoms with Crippen LogP contribution in [0.25, 0.3) is 22.2 Å². The van der Waals surface area contributed by atoms with E-state index in [1.165, 1.54) is 7.05 Å². The summed E-state index contributed by atoms with van der Waals surface area (Å²) < 4.78 is 6.73. The number of nitrogens with zero attached hydrogens (tertiary/aromatic N) is 3. The van der Waals surface area contributed by atoms with Crippen molar-refractivity contribution in [2.45, 2.75) is 13.3 Å². The van der Waals surface area contributed by atoms with Gasteiger partial charge in [0.05, 0.1) is 17.5 Å². The molecule has 9 nitrogen and oxygen atoms in total. The third-order valence-corrected chi connectivity index (χ3v) is 4.73. The van der Waals surface area contributed by atoms with Gasteiger partial charge in [-0.2, -0.15) is 5.10 Å². The van der Waals surface area contributed by atoms with Crippen molar-refractivity contribution < 1.29 is 14.0 Å². The number of hydrazine groups is 1. The van der Waals surface area contributed by atoms with Crippen LogP contribution in [-0.2, 0) is 18.3 Å². The lowest BCUT2D eigenvalue weighted by atomic mass is 10.1. The van der Waals surface area contributed by atoms with E-state index < -0.39 is 11.8 Å². The summed E-state index contributed by atoms with van der Waals surface area (Å²) >= 11 is 0. The fraction of sp³-hybridized carbons (Fsp3) is 0.136. The molecule has 4 rings (SSSR count). The lowest BCUT2D eigenvalue weighted by Gasteiger charge is -2.09. The van der Waals surface area contributed by atoms with E-state index in [-0.39, 0.29) is 17.7 Å². The minimum absolute atomic E-state index is 0.0296. The Hall–Kier alpha value is -4.27. The Kier molecular flexibility index (Phi) is 5.31. The predicted molar refractivity (Wildman–Crippen MR) is 113 cm³/mol. The molecule has 0 unspecified atom stereocenters. The number of hydrogen-bond donors (Lipinski definition) is 2. The van der Waals surface area contributed by atoms with Gasteiger partial charge in [-0.05, 0) is 25.1 Å². The highest BCUT2D eigenvalue weighted by Gasteiger charge is 2.18. The second-order valence-corrected chi connectivity index (χ2v) is 6.89. The molecule has 2 N–H and O–H groups in total. The number of carbonyl (C=O) groups excluding carboxylic acids is 2. The van der Waals surface area contributed by atoms with Crippen molar-refractivity contribution in [3.05, 3.63) is 82.1 Å². The number of hydrogen-bond acceptors (Lipinski definition) is 6. The Labute approximate surface area is 176 Å². The van der Waals surface area contributed by atoms with Gasteiger partial charge in [-0.1, -0.05) is 36.4 Å². The maximum absolute atomic E-state index is 12.6. The van der Waals surface area contributed by atoms with Gasteiger partial charge in [0.1, 0.15) is 5.76 Å². The van der Waals surface area contributed by atoms with E-state index in [4.69, 9.17) is 4.42 Å². The molecule has 0 bridgehead atoms. The second-order valence-electron chi connectivity index (χ2n) is 6.89. The van der Waals surface area contributed by atoms with Crippen molar-refractivity contribution in [2.24, 2.45) is 7.05 Å². The topological polar surface area (TPSA) is 119 Å². The minimum Gasteiger partial charge on any atom is -0.441 e. The number of carbonyl (C=O) groups is 2. The van der Waals surface area contributed by atoms with E-state index in [0.29, 0.717) is 28.1 Å². The number of fused-ring (bicyclic) bond motifs is 1. The highest BCUT2D eigenvalue weighted by atomic mass is 16.4. The van der Waals surface area contributed by atoms with Crippen molar-refractivity contribution in [3.8, 4) is 11.5 Å². The second kappa shape index (κ2) is 8.23. The van der Waals surface area contributed by atoms with Crippen LogP contribution in [0.1, 0.15) is 21.9 Å². The van der Waals surface area contributed by atoms with Crippen LogP contribution < -0.4 is 16.4 Å². The molecule has 156 valence electrons. The normalized spacial score (nSPS) is 10.8. The van der Waals surface area contributed by atoms with Crippen LogP contribution in [0.3, 0.4) is 0 Å². The Morgan fingerprint density at radius 2 is 1.68 bits per heavy atom. The van der Waals surface area contributed by atoms with Gasteiger partial charge in [-0.25, -0.2) is 9.67 Å². The van der Waals surface area contributed by atoms with Crippen LogP contribution in [0, 0.1) is 6.92 Å². The molecule has 2 heterocycles. The van der Waals surface area contributed by atoms with E-state index in [2.05, 4.69) is 20.9 Å². The van der Waals surface area contributed by atoms with Gasteiger partial charge in [0, 0.05) is 18.0 Å². The van der Waals surface area contributed by atoms with Gasteiger partial charge in [0.15, 0.2) is 5.69 Å². The number of rotatable bonds is 4. The summed E-state index contributed by atoms with van der Waals surface area (Å²) in [5.74, 6) is -0.169. The number of nitrogens with one attached hydrogen (secondary N) is 2. The number of oxazole rings is 1. The van der Waals surface area contributed by atoms with Gasteiger partial charge in [0.25, 0.3) is 11.5 Å². The zero-order valence-corrected chi connectivity index (χ0v) is 16.9.